The fourth-order valence-corrected chi connectivity index (χ4v) is 7.06. The summed E-state index contributed by atoms with van der Waals surface area (Å²) in [7, 11) is -4.21. The summed E-state index contributed by atoms with van der Waals surface area (Å²) in [5, 5.41) is 45.9. The molecule has 0 saturated carbocycles. The second-order valence-corrected chi connectivity index (χ2v) is 13.4. The van der Waals surface area contributed by atoms with E-state index >= 15 is 0 Å². The molecule has 0 saturated heterocycles. The van der Waals surface area contributed by atoms with Crippen LogP contribution < -0.4 is 9.79 Å². The maximum absolute atomic E-state index is 14.0. The minimum atomic E-state index is -4.21. The number of hydrogen-bond acceptors (Lipinski definition) is 10. The van der Waals surface area contributed by atoms with Crippen molar-refractivity contribution in [1.29, 1.82) is 0 Å². The number of anilines is 1. The number of benzene rings is 3. The lowest BCUT2D eigenvalue weighted by molar-refractivity contribution is -0.669. The van der Waals surface area contributed by atoms with Gasteiger partial charge in [-0.1, -0.05) is 38.1 Å². The molecule has 1 aliphatic carbocycles. The molecule has 0 spiro atoms. The molecule has 2 aliphatic rings. The van der Waals surface area contributed by atoms with Gasteiger partial charge in [-0.25, -0.2) is 8.42 Å². The number of hydroxylamine groups is 1. The molecule has 0 amide bonds. The number of amidine groups is 1. The van der Waals surface area contributed by atoms with Crippen LogP contribution in [0.1, 0.15) is 44.7 Å². The topological polar surface area (TPSA) is 187 Å². The Hall–Kier alpha value is -4.24. The number of non-ortho nitro benzene ring substituents is 1. The number of carbonyl (C=O) groups is 1. The van der Waals surface area contributed by atoms with Crippen molar-refractivity contribution in [3.63, 3.8) is 0 Å². The van der Waals surface area contributed by atoms with E-state index in [2.05, 4.69) is 9.12 Å². The number of phenols is 1. The van der Waals surface area contributed by atoms with E-state index in [0.29, 0.717) is 23.5 Å². The molecule has 3 aromatic rings. The maximum atomic E-state index is 14.0. The minimum Gasteiger partial charge on any atom is -0.622 e. The largest absolute Gasteiger partial charge is 0.622 e. The molecule has 0 aromatic heterocycles. The Morgan fingerprint density at radius 2 is 1.79 bits per heavy atom. The van der Waals surface area contributed by atoms with Crippen LogP contribution in [0.4, 0.5) is 17.1 Å². The lowest BCUT2D eigenvalue weighted by atomic mass is 9.66. The fourth-order valence-electron chi connectivity index (χ4n) is 5.19. The molecule has 14 heteroatoms. The summed E-state index contributed by atoms with van der Waals surface area (Å²) in [6, 6.07) is 13.6. The zero-order valence-corrected chi connectivity index (χ0v) is 25.0. The van der Waals surface area contributed by atoms with E-state index in [0.717, 1.165) is 48.7 Å². The molecular weight excluding hydrogens is 596 g/mol. The summed E-state index contributed by atoms with van der Waals surface area (Å²) < 4.78 is 32.3. The van der Waals surface area contributed by atoms with Crippen LogP contribution in [-0.4, -0.2) is 35.2 Å². The number of fused-ring (bicyclic) bond motifs is 2. The van der Waals surface area contributed by atoms with Gasteiger partial charge >= 0.3 is 0 Å². The lowest BCUT2D eigenvalue weighted by Crippen LogP contribution is -3.06. The van der Waals surface area contributed by atoms with Crippen molar-refractivity contribution in [2.24, 2.45) is 10.3 Å². The normalized spacial score (nSPS) is 20.0. The Balaban J connectivity index is 1.49. The highest BCUT2D eigenvalue weighted by molar-refractivity contribution is 7.98. The van der Waals surface area contributed by atoms with Crippen LogP contribution in [0.25, 0.3) is 5.76 Å². The van der Waals surface area contributed by atoms with Crippen LogP contribution in [0.15, 0.2) is 80.4 Å². The van der Waals surface area contributed by atoms with Crippen molar-refractivity contribution < 1.29 is 33.4 Å². The number of aromatic hydroxyl groups is 1. The van der Waals surface area contributed by atoms with Gasteiger partial charge in [-0.15, -0.1) is 0 Å². The van der Waals surface area contributed by atoms with Gasteiger partial charge in [0.15, 0.2) is 17.2 Å². The number of nitrogens with zero attached hydrogens (tertiary/aromatic N) is 2. The first-order valence-corrected chi connectivity index (χ1v) is 15.5. The van der Waals surface area contributed by atoms with Gasteiger partial charge in [0.25, 0.3) is 21.5 Å². The quantitative estimate of drug-likeness (QED) is 0.0899. The van der Waals surface area contributed by atoms with Crippen molar-refractivity contribution in [2.75, 3.05) is 4.72 Å². The molecule has 12 nitrogen and oxygen atoms in total. The molecule has 224 valence electrons. The SMILES string of the molecule is CC(C)CCC1(C)C(=O)C(C2=NSc3cc(NS(=O)(=O)c4ccc([N+](=O)[O-])cc4)cc(O)c3[NH+]2[O-])=C(O)c2ccccc21. The predicted molar refractivity (Wildman–Crippen MR) is 162 cm³/mol. The van der Waals surface area contributed by atoms with E-state index in [4.69, 9.17) is 0 Å². The Morgan fingerprint density at radius 1 is 1.12 bits per heavy atom. The molecule has 0 radical (unpaired) electrons. The van der Waals surface area contributed by atoms with Crippen LogP contribution >= 0.6 is 11.9 Å². The number of aliphatic hydroxyl groups excluding tert-OH is 1. The van der Waals surface area contributed by atoms with Gasteiger partial charge in [-0.3, -0.25) is 24.7 Å². The molecule has 1 heterocycles. The van der Waals surface area contributed by atoms with Crippen molar-refractivity contribution in [3.05, 3.63) is 92.7 Å². The number of sulfonamides is 1. The second-order valence-electron chi connectivity index (χ2n) is 10.9. The monoisotopic (exact) mass is 624 g/mol. The summed E-state index contributed by atoms with van der Waals surface area (Å²) in [6.07, 6.45) is 1.20. The highest BCUT2D eigenvalue weighted by Crippen LogP contribution is 2.45. The van der Waals surface area contributed by atoms with Crippen LogP contribution in [0.5, 0.6) is 5.75 Å². The van der Waals surface area contributed by atoms with Gasteiger partial charge in [0.05, 0.1) is 25.8 Å². The number of nitro groups is 1. The first-order chi connectivity index (χ1) is 20.2. The zero-order chi connectivity index (χ0) is 31.3. The summed E-state index contributed by atoms with van der Waals surface area (Å²) in [6.45, 7) is 5.88. The summed E-state index contributed by atoms with van der Waals surface area (Å²) in [5.41, 5.74) is -0.728. The van der Waals surface area contributed by atoms with E-state index < -0.39 is 37.0 Å². The van der Waals surface area contributed by atoms with Gasteiger partial charge in [0.1, 0.15) is 11.3 Å². The van der Waals surface area contributed by atoms with Gasteiger partial charge in [0, 0.05) is 35.7 Å². The van der Waals surface area contributed by atoms with E-state index in [1.807, 2.05) is 13.8 Å². The second kappa shape index (κ2) is 11.1. The average Bonchev–Trinajstić information content (AvgIpc) is 2.96. The number of quaternary nitrogens is 1. The molecule has 2 atom stereocenters. The number of hydrogen-bond donors (Lipinski definition) is 4. The number of ketones is 1. The summed E-state index contributed by atoms with van der Waals surface area (Å²) in [4.78, 5) is 24.2. The predicted octanol–water partition coefficient (Wildman–Crippen LogP) is 4.78. The Morgan fingerprint density at radius 3 is 2.44 bits per heavy atom. The number of carbonyl (C=O) groups excluding carboxylic acids is 1. The van der Waals surface area contributed by atoms with Gasteiger partial charge < -0.3 is 15.4 Å². The smallest absolute Gasteiger partial charge is 0.269 e. The molecule has 0 bridgehead atoms. The van der Waals surface area contributed by atoms with Gasteiger partial charge in [-0.05, 0) is 49.4 Å². The highest BCUT2D eigenvalue weighted by Gasteiger charge is 2.48. The van der Waals surface area contributed by atoms with Gasteiger partial charge in [-0.2, -0.15) is 4.40 Å². The number of aliphatic hydroxyl groups is 1. The summed E-state index contributed by atoms with van der Waals surface area (Å²) >= 11 is 0.753. The van der Waals surface area contributed by atoms with E-state index in [1.54, 1.807) is 31.2 Å². The number of phenolic OH excluding ortho intramolecular Hbond substituents is 1. The van der Waals surface area contributed by atoms with E-state index in [-0.39, 0.29) is 44.0 Å². The van der Waals surface area contributed by atoms with Crippen LogP contribution in [-0.2, 0) is 20.2 Å². The number of rotatable bonds is 8. The average molecular weight is 625 g/mol. The lowest BCUT2D eigenvalue weighted by Gasteiger charge is -2.37. The number of Topliss-reactive ketones (excluding diaryl/α,β-unsaturated/α-hetero) is 1. The number of nitro benzene ring substituents is 1. The van der Waals surface area contributed by atoms with Crippen molar-refractivity contribution >= 4 is 56.4 Å². The third-order valence-electron chi connectivity index (χ3n) is 7.57. The molecule has 2 unspecified atom stereocenters. The molecule has 4 N–H and O–H groups in total. The van der Waals surface area contributed by atoms with Gasteiger partial charge in [0.2, 0.25) is 0 Å². The summed E-state index contributed by atoms with van der Waals surface area (Å²) in [5.74, 6) is -1.38. The Kier molecular flexibility index (Phi) is 7.81. The maximum Gasteiger partial charge on any atom is 0.269 e. The zero-order valence-electron chi connectivity index (χ0n) is 23.3. The minimum absolute atomic E-state index is 0.0838. The Labute approximate surface area is 251 Å². The molecule has 5 rings (SSSR count). The van der Waals surface area contributed by atoms with Crippen LogP contribution in [0.2, 0.25) is 0 Å². The Bertz CT molecular complexity index is 1820. The number of nitrogens with one attached hydrogen (secondary N) is 2. The molecule has 43 heavy (non-hydrogen) atoms. The fraction of sp³-hybridized carbons (Fsp3) is 0.241. The van der Waals surface area contributed by atoms with E-state index in [1.165, 1.54) is 6.07 Å². The first kappa shape index (κ1) is 30.2. The third kappa shape index (κ3) is 5.38. The van der Waals surface area contributed by atoms with E-state index in [9.17, 15) is 38.7 Å². The third-order valence-corrected chi connectivity index (χ3v) is 9.76. The molecule has 3 aromatic carbocycles. The van der Waals surface area contributed by atoms with Crippen molar-refractivity contribution in [1.82, 2.24) is 0 Å². The van der Waals surface area contributed by atoms with Crippen LogP contribution in [0.3, 0.4) is 0 Å². The van der Waals surface area contributed by atoms with Crippen molar-refractivity contribution in [3.8, 4) is 5.75 Å². The molecular formula is C29H28N4O8S2. The first-order valence-electron chi connectivity index (χ1n) is 13.3. The van der Waals surface area contributed by atoms with Crippen molar-refractivity contribution in [2.45, 2.75) is 48.8 Å². The molecule has 1 aliphatic heterocycles. The standard InChI is InChI=1S/C29H28N4O8S2/c1-16(2)12-13-29(3)21-7-5-4-6-20(21)26(35)24(27(29)36)28-30-42-23-15-17(14-22(34)25(23)32(28)37)31-43(40,41)19-10-8-18(9-11-19)33(38)39/h4-11,14-16,31-32,34-35H,12-13H2,1-3H3. The van der Waals surface area contributed by atoms with Crippen LogP contribution in [0, 0.1) is 21.2 Å². The molecule has 0 fully saturated rings. The highest BCUT2D eigenvalue weighted by atomic mass is 32.2.